The lowest BCUT2D eigenvalue weighted by Gasteiger charge is -2.30. The van der Waals surface area contributed by atoms with Crippen LogP contribution in [0.5, 0.6) is 0 Å². The lowest BCUT2D eigenvalue weighted by Crippen LogP contribution is -2.45. The average molecular weight is 376 g/mol. The summed E-state index contributed by atoms with van der Waals surface area (Å²) in [5, 5.41) is 6.06. The molecule has 0 amide bonds. The normalized spacial score (nSPS) is 17.5. The van der Waals surface area contributed by atoms with Crippen LogP contribution in [0.25, 0.3) is 0 Å². The third-order valence-corrected chi connectivity index (χ3v) is 4.32. The zero-order valence-corrected chi connectivity index (χ0v) is 14.5. The number of Topliss-reactive ketones (excluding diaryl/α,β-unsaturated/α-hetero) is 1. The molecular weight excluding hydrogens is 361 g/mol. The molecule has 3 nitrogen and oxygen atoms in total. The number of carbonyl (C=O) groups is 1. The average Bonchev–Trinajstić information content (AvgIpc) is 2.61. The fourth-order valence-electron chi connectivity index (χ4n) is 2.88. The molecule has 0 saturated heterocycles. The van der Waals surface area contributed by atoms with Gasteiger partial charge in [-0.2, -0.15) is 13.2 Å². The highest BCUT2D eigenvalue weighted by Gasteiger charge is 2.34. The van der Waals surface area contributed by atoms with Crippen molar-refractivity contribution >= 4 is 23.1 Å². The molecule has 1 aliphatic rings. The topological polar surface area (TPSA) is 41.1 Å². The summed E-state index contributed by atoms with van der Waals surface area (Å²) in [7, 11) is 0. The molecule has 0 saturated carbocycles. The van der Waals surface area contributed by atoms with Crippen LogP contribution in [0.15, 0.2) is 65.9 Å². The second-order valence-corrected chi connectivity index (χ2v) is 6.30. The Kier molecular flexibility index (Phi) is 4.82. The number of alkyl halides is 3. The van der Waals surface area contributed by atoms with Gasteiger partial charge in [-0.1, -0.05) is 42.5 Å². The second-order valence-electron chi connectivity index (χ2n) is 5.89. The van der Waals surface area contributed by atoms with Crippen molar-refractivity contribution in [1.29, 1.82) is 0 Å². The molecular formula is C19H15F3N2OS. The van der Waals surface area contributed by atoms with Crippen LogP contribution >= 0.6 is 12.2 Å². The number of rotatable bonds is 3. The van der Waals surface area contributed by atoms with Crippen molar-refractivity contribution in [2.24, 2.45) is 0 Å². The van der Waals surface area contributed by atoms with Crippen molar-refractivity contribution in [3.05, 3.63) is 82.6 Å². The van der Waals surface area contributed by atoms with Crippen molar-refractivity contribution in [3.63, 3.8) is 0 Å². The highest BCUT2D eigenvalue weighted by molar-refractivity contribution is 7.80. The lowest BCUT2D eigenvalue weighted by atomic mass is 9.89. The molecule has 3 rings (SSSR count). The van der Waals surface area contributed by atoms with Crippen LogP contribution in [-0.4, -0.2) is 10.9 Å². The number of allylic oxidation sites excluding steroid dienone is 1. The standard InChI is InChI=1S/C19H15F3N2OS/c1-11-15(17(25)12-6-3-2-4-7-12)16(24-18(26)23-11)13-8-5-9-14(10-13)19(20,21)22/h2-10,16H,1H3,(H2,23,24,26). The van der Waals surface area contributed by atoms with E-state index in [0.717, 1.165) is 12.1 Å². The van der Waals surface area contributed by atoms with E-state index in [1.165, 1.54) is 6.07 Å². The fraction of sp³-hybridized carbons (Fsp3) is 0.158. The van der Waals surface area contributed by atoms with E-state index in [1.807, 2.05) is 0 Å². The third kappa shape index (κ3) is 3.62. The molecule has 134 valence electrons. The number of hydrogen-bond donors (Lipinski definition) is 2. The largest absolute Gasteiger partial charge is 0.416 e. The summed E-state index contributed by atoms with van der Waals surface area (Å²) in [6.07, 6.45) is -4.47. The summed E-state index contributed by atoms with van der Waals surface area (Å²) in [4.78, 5) is 13.0. The van der Waals surface area contributed by atoms with E-state index in [4.69, 9.17) is 12.2 Å². The number of carbonyl (C=O) groups excluding carboxylic acids is 1. The third-order valence-electron chi connectivity index (χ3n) is 4.10. The van der Waals surface area contributed by atoms with Gasteiger partial charge in [0.15, 0.2) is 10.9 Å². The number of thiocarbonyl (C=S) groups is 1. The van der Waals surface area contributed by atoms with Gasteiger partial charge >= 0.3 is 6.18 Å². The van der Waals surface area contributed by atoms with E-state index in [9.17, 15) is 18.0 Å². The molecule has 0 spiro atoms. The minimum Gasteiger partial charge on any atom is -0.351 e. The number of halogens is 3. The van der Waals surface area contributed by atoms with Crippen molar-refractivity contribution in [2.75, 3.05) is 0 Å². The van der Waals surface area contributed by atoms with E-state index in [2.05, 4.69) is 10.6 Å². The quantitative estimate of drug-likeness (QED) is 0.616. The van der Waals surface area contributed by atoms with Crippen molar-refractivity contribution < 1.29 is 18.0 Å². The zero-order valence-electron chi connectivity index (χ0n) is 13.7. The van der Waals surface area contributed by atoms with Crippen LogP contribution in [0, 0.1) is 0 Å². The van der Waals surface area contributed by atoms with Gasteiger partial charge in [-0.15, -0.1) is 0 Å². The molecule has 0 radical (unpaired) electrons. The highest BCUT2D eigenvalue weighted by atomic mass is 32.1. The summed E-state index contributed by atoms with van der Waals surface area (Å²) in [5.74, 6) is -0.270. The summed E-state index contributed by atoms with van der Waals surface area (Å²) >= 11 is 5.13. The maximum Gasteiger partial charge on any atom is 0.416 e. The summed E-state index contributed by atoms with van der Waals surface area (Å²) in [5.41, 5.74) is 0.858. The Hall–Kier alpha value is -2.67. The zero-order chi connectivity index (χ0) is 18.9. The van der Waals surface area contributed by atoms with Gasteiger partial charge in [-0.3, -0.25) is 4.79 Å². The molecule has 1 heterocycles. The van der Waals surface area contributed by atoms with Gasteiger partial charge in [-0.05, 0) is 36.8 Å². The van der Waals surface area contributed by atoms with E-state index >= 15 is 0 Å². The Balaban J connectivity index is 2.08. The van der Waals surface area contributed by atoms with Gasteiger partial charge in [0.1, 0.15) is 0 Å². The van der Waals surface area contributed by atoms with Crippen molar-refractivity contribution in [3.8, 4) is 0 Å². The molecule has 1 aliphatic heterocycles. The SMILES string of the molecule is CC1=C(C(=O)c2ccccc2)C(c2cccc(C(F)(F)F)c2)NC(=S)N1. The van der Waals surface area contributed by atoms with Crippen LogP contribution in [0.1, 0.15) is 34.5 Å². The van der Waals surface area contributed by atoms with Gasteiger partial charge in [0.2, 0.25) is 0 Å². The van der Waals surface area contributed by atoms with E-state index in [-0.39, 0.29) is 10.9 Å². The first kappa shape index (κ1) is 18.1. The molecule has 0 aliphatic carbocycles. The number of hydrogen-bond acceptors (Lipinski definition) is 2. The van der Waals surface area contributed by atoms with Gasteiger partial charge in [0.25, 0.3) is 0 Å². The minimum atomic E-state index is -4.47. The van der Waals surface area contributed by atoms with Crippen LogP contribution in [0.4, 0.5) is 13.2 Å². The van der Waals surface area contributed by atoms with E-state index in [1.54, 1.807) is 43.3 Å². The van der Waals surface area contributed by atoms with E-state index < -0.39 is 17.8 Å². The maximum absolute atomic E-state index is 13.1. The van der Waals surface area contributed by atoms with Crippen molar-refractivity contribution in [1.82, 2.24) is 10.6 Å². The van der Waals surface area contributed by atoms with Gasteiger partial charge in [0.05, 0.1) is 11.6 Å². The Morgan fingerprint density at radius 1 is 1.08 bits per heavy atom. The van der Waals surface area contributed by atoms with Crippen LogP contribution < -0.4 is 10.6 Å². The fourth-order valence-corrected chi connectivity index (χ4v) is 3.16. The number of benzene rings is 2. The Bertz CT molecular complexity index is 891. The minimum absolute atomic E-state index is 0.259. The van der Waals surface area contributed by atoms with Crippen molar-refractivity contribution in [2.45, 2.75) is 19.1 Å². The Morgan fingerprint density at radius 2 is 1.77 bits per heavy atom. The van der Waals surface area contributed by atoms with Crippen LogP contribution in [0.3, 0.4) is 0 Å². The molecule has 2 N–H and O–H groups in total. The predicted molar refractivity (Wildman–Crippen MR) is 96.5 cm³/mol. The van der Waals surface area contributed by atoms with E-state index in [0.29, 0.717) is 22.4 Å². The molecule has 0 fully saturated rings. The molecule has 0 bridgehead atoms. The Morgan fingerprint density at radius 3 is 2.42 bits per heavy atom. The van der Waals surface area contributed by atoms with Gasteiger partial charge < -0.3 is 10.6 Å². The smallest absolute Gasteiger partial charge is 0.351 e. The molecule has 26 heavy (non-hydrogen) atoms. The lowest BCUT2D eigenvalue weighted by molar-refractivity contribution is -0.137. The van der Waals surface area contributed by atoms with Gasteiger partial charge in [0, 0.05) is 16.8 Å². The summed E-state index contributed by atoms with van der Waals surface area (Å²) < 4.78 is 39.2. The molecule has 2 aromatic carbocycles. The molecule has 7 heteroatoms. The predicted octanol–water partition coefficient (Wildman–Crippen LogP) is 4.38. The maximum atomic E-state index is 13.1. The molecule has 0 aromatic heterocycles. The first-order chi connectivity index (χ1) is 12.3. The monoisotopic (exact) mass is 376 g/mol. The van der Waals surface area contributed by atoms with Crippen LogP contribution in [0.2, 0.25) is 0 Å². The molecule has 1 unspecified atom stereocenters. The summed E-state index contributed by atoms with van der Waals surface area (Å²) in [6, 6.07) is 12.7. The number of nitrogens with one attached hydrogen (secondary N) is 2. The molecule has 2 aromatic rings. The molecule has 1 atom stereocenters. The van der Waals surface area contributed by atoms with Crippen LogP contribution in [-0.2, 0) is 6.18 Å². The highest BCUT2D eigenvalue weighted by Crippen LogP contribution is 2.34. The summed E-state index contributed by atoms with van der Waals surface area (Å²) in [6.45, 7) is 1.68. The first-order valence-corrected chi connectivity index (χ1v) is 8.23. The number of ketones is 1. The van der Waals surface area contributed by atoms with Gasteiger partial charge in [-0.25, -0.2) is 0 Å². The Labute approximate surface area is 153 Å². The first-order valence-electron chi connectivity index (χ1n) is 7.82. The second kappa shape index (κ2) is 6.92.